The number of rotatable bonds is 9. The van der Waals surface area contributed by atoms with Crippen molar-refractivity contribution in [1.82, 2.24) is 14.9 Å². The van der Waals surface area contributed by atoms with Gasteiger partial charge in [-0.3, -0.25) is 9.69 Å². The summed E-state index contributed by atoms with van der Waals surface area (Å²) in [6.45, 7) is 0.905. The molecule has 2 N–H and O–H groups in total. The third-order valence-electron chi connectivity index (χ3n) is 7.91. The van der Waals surface area contributed by atoms with Gasteiger partial charge in [-0.2, -0.15) is 0 Å². The Morgan fingerprint density at radius 1 is 1.12 bits per heavy atom. The number of fused-ring (bicyclic) bond motifs is 1. The number of halogens is 4. The molecule has 1 saturated heterocycles. The first kappa shape index (κ1) is 29.8. The van der Waals surface area contributed by atoms with Crippen LogP contribution in [0.5, 0.6) is 0 Å². The number of hydrogen-bond acceptors (Lipinski definition) is 7. The van der Waals surface area contributed by atoms with Gasteiger partial charge in [0.15, 0.2) is 5.72 Å². The van der Waals surface area contributed by atoms with Crippen molar-refractivity contribution < 1.29 is 33.3 Å². The molecule has 3 heterocycles. The van der Waals surface area contributed by atoms with Crippen molar-refractivity contribution in [3.8, 4) is 0 Å². The molecule has 2 aliphatic rings. The van der Waals surface area contributed by atoms with E-state index in [1.54, 1.807) is 31.2 Å². The molecule has 2 aliphatic heterocycles. The Bertz CT molecular complexity index is 1420. The Morgan fingerprint density at radius 2 is 1.78 bits per heavy atom. The minimum Gasteiger partial charge on any atom is -0.394 e. The van der Waals surface area contributed by atoms with E-state index in [0.717, 1.165) is 6.07 Å². The van der Waals surface area contributed by atoms with E-state index in [2.05, 4.69) is 9.97 Å². The van der Waals surface area contributed by atoms with Crippen LogP contribution in [0.25, 0.3) is 0 Å². The lowest BCUT2D eigenvalue weighted by Gasteiger charge is -2.44. The number of carbonyl (C=O) groups excluding carboxylic acids is 1. The summed E-state index contributed by atoms with van der Waals surface area (Å²) in [4.78, 5) is 23.8. The second-order valence-corrected chi connectivity index (χ2v) is 11.0. The Balaban J connectivity index is 1.73. The van der Waals surface area contributed by atoms with Gasteiger partial charge in [0.2, 0.25) is 0 Å². The zero-order valence-corrected chi connectivity index (χ0v) is 23.8. The van der Waals surface area contributed by atoms with E-state index in [1.807, 2.05) is 0 Å². The lowest BCUT2D eigenvalue weighted by molar-refractivity contribution is -0.155. The zero-order chi connectivity index (χ0) is 29.4. The average molecular weight is 608 g/mol. The standard InChI is InChI=1S/C29H29Cl2F2N3O5/c1-2-28(39,27(33)7-10-40-11-8-27)19-13-22-25(23(32)14-19)29(41-12-9-37,18-3-5-20(30)6-4-18)36(26(22)38)17-24-34-15-21(31)16-35-24/h3-6,13-16,37,39H,2,7-12,17H2,1H3/t28-,29+/m0/s1. The molecule has 0 saturated carbocycles. The highest BCUT2D eigenvalue weighted by atomic mass is 35.5. The van der Waals surface area contributed by atoms with E-state index >= 15 is 8.78 Å². The van der Waals surface area contributed by atoms with Gasteiger partial charge in [0.25, 0.3) is 5.91 Å². The third-order valence-corrected chi connectivity index (χ3v) is 8.36. The van der Waals surface area contributed by atoms with Gasteiger partial charge in [-0.05, 0) is 36.2 Å². The number of amides is 1. The number of aliphatic hydroxyl groups excluding tert-OH is 1. The van der Waals surface area contributed by atoms with Gasteiger partial charge in [0.1, 0.15) is 22.9 Å². The number of nitrogens with zero attached hydrogens (tertiary/aromatic N) is 3. The second kappa shape index (κ2) is 11.5. The van der Waals surface area contributed by atoms with E-state index < -0.39 is 35.3 Å². The predicted octanol–water partition coefficient (Wildman–Crippen LogP) is 4.90. The van der Waals surface area contributed by atoms with Crippen LogP contribution in [0.2, 0.25) is 10.0 Å². The minimum atomic E-state index is -2.10. The van der Waals surface area contributed by atoms with Crippen LogP contribution in [0.1, 0.15) is 59.1 Å². The molecule has 0 spiro atoms. The first-order valence-corrected chi connectivity index (χ1v) is 14.0. The molecule has 41 heavy (non-hydrogen) atoms. The fourth-order valence-corrected chi connectivity index (χ4v) is 6.04. The molecule has 5 rings (SSSR count). The van der Waals surface area contributed by atoms with E-state index in [1.165, 1.54) is 23.4 Å². The van der Waals surface area contributed by atoms with Crippen molar-refractivity contribution in [2.45, 2.75) is 49.7 Å². The van der Waals surface area contributed by atoms with Gasteiger partial charge in [0.05, 0.1) is 35.9 Å². The van der Waals surface area contributed by atoms with Gasteiger partial charge in [-0.25, -0.2) is 18.7 Å². The van der Waals surface area contributed by atoms with Crippen LogP contribution in [0, 0.1) is 5.82 Å². The molecule has 12 heteroatoms. The van der Waals surface area contributed by atoms with E-state index in [9.17, 15) is 15.0 Å². The first-order chi connectivity index (χ1) is 19.6. The summed E-state index contributed by atoms with van der Waals surface area (Å²) in [5.74, 6) is -1.36. The molecule has 1 aromatic heterocycles. The van der Waals surface area contributed by atoms with Crippen LogP contribution in [0.15, 0.2) is 48.8 Å². The minimum absolute atomic E-state index is 0.0641. The normalized spacial score (nSPS) is 21.5. The number of aliphatic hydroxyl groups is 2. The zero-order valence-electron chi connectivity index (χ0n) is 22.2. The van der Waals surface area contributed by atoms with Crippen LogP contribution in [-0.4, -0.2) is 63.1 Å². The van der Waals surface area contributed by atoms with Crippen LogP contribution in [0.4, 0.5) is 8.78 Å². The van der Waals surface area contributed by atoms with E-state index in [4.69, 9.17) is 32.7 Å². The number of alkyl halides is 1. The highest BCUT2D eigenvalue weighted by Crippen LogP contribution is 2.51. The quantitative estimate of drug-likeness (QED) is 0.356. The van der Waals surface area contributed by atoms with Crippen molar-refractivity contribution >= 4 is 29.1 Å². The van der Waals surface area contributed by atoms with Crippen molar-refractivity contribution in [3.05, 3.63) is 92.7 Å². The fraction of sp³-hybridized carbons (Fsp3) is 0.414. The number of ether oxygens (including phenoxy) is 2. The molecular weight excluding hydrogens is 579 g/mol. The van der Waals surface area contributed by atoms with E-state index in [0.29, 0.717) is 10.6 Å². The Labute approximate surface area is 245 Å². The maximum Gasteiger partial charge on any atom is 0.257 e. The number of hydrogen-bond donors (Lipinski definition) is 2. The smallest absolute Gasteiger partial charge is 0.257 e. The predicted molar refractivity (Wildman–Crippen MR) is 147 cm³/mol. The molecule has 3 aromatic rings. The molecule has 1 fully saturated rings. The van der Waals surface area contributed by atoms with Crippen LogP contribution in [0.3, 0.4) is 0 Å². The van der Waals surface area contributed by atoms with Gasteiger partial charge in [-0.1, -0.05) is 42.3 Å². The molecule has 8 nitrogen and oxygen atoms in total. The molecule has 0 aliphatic carbocycles. The summed E-state index contributed by atoms with van der Waals surface area (Å²) in [5.41, 5.74) is -6.04. The average Bonchev–Trinajstić information content (AvgIpc) is 3.21. The van der Waals surface area contributed by atoms with Gasteiger partial charge >= 0.3 is 0 Å². The topological polar surface area (TPSA) is 105 Å². The maximum atomic E-state index is 16.5. The van der Waals surface area contributed by atoms with Gasteiger partial charge in [-0.15, -0.1) is 0 Å². The molecule has 218 valence electrons. The van der Waals surface area contributed by atoms with Gasteiger partial charge < -0.3 is 19.7 Å². The number of carbonyl (C=O) groups is 1. The number of aromatic nitrogens is 2. The maximum absolute atomic E-state index is 16.5. The lowest BCUT2D eigenvalue weighted by Crippen LogP contribution is -2.51. The summed E-state index contributed by atoms with van der Waals surface area (Å²) < 4.78 is 44.2. The van der Waals surface area contributed by atoms with Crippen molar-refractivity contribution in [2.75, 3.05) is 26.4 Å². The van der Waals surface area contributed by atoms with Crippen molar-refractivity contribution in [3.63, 3.8) is 0 Å². The monoisotopic (exact) mass is 607 g/mol. The van der Waals surface area contributed by atoms with Gasteiger partial charge in [0, 0.05) is 49.0 Å². The summed E-state index contributed by atoms with van der Waals surface area (Å²) in [7, 11) is 0. The second-order valence-electron chi connectivity index (χ2n) is 10.1. The first-order valence-electron chi connectivity index (χ1n) is 13.2. The summed E-state index contributed by atoms with van der Waals surface area (Å²) >= 11 is 12.1. The highest BCUT2D eigenvalue weighted by molar-refractivity contribution is 6.30. The molecule has 2 aromatic carbocycles. The number of benzene rings is 2. The molecule has 0 bridgehead atoms. The van der Waals surface area contributed by atoms with Crippen LogP contribution in [-0.2, 0) is 27.3 Å². The third kappa shape index (κ3) is 5.00. The van der Waals surface area contributed by atoms with Crippen LogP contribution < -0.4 is 0 Å². The fourth-order valence-electron chi connectivity index (χ4n) is 5.82. The molecule has 1 amide bonds. The molecular formula is C29H29Cl2F2N3O5. The van der Waals surface area contributed by atoms with Crippen LogP contribution >= 0.6 is 23.2 Å². The summed E-state index contributed by atoms with van der Waals surface area (Å²) in [6.07, 6.45) is 2.49. The Morgan fingerprint density at radius 3 is 2.39 bits per heavy atom. The summed E-state index contributed by atoms with van der Waals surface area (Å²) in [5, 5.41) is 22.1. The highest BCUT2D eigenvalue weighted by Gasteiger charge is 2.57. The van der Waals surface area contributed by atoms with Crippen molar-refractivity contribution in [2.24, 2.45) is 0 Å². The molecule has 0 unspecified atom stereocenters. The Kier molecular flexibility index (Phi) is 8.35. The summed E-state index contributed by atoms with van der Waals surface area (Å²) in [6, 6.07) is 8.71. The Hall–Kier alpha value is -2.73. The molecule has 2 atom stereocenters. The van der Waals surface area contributed by atoms with E-state index in [-0.39, 0.29) is 73.2 Å². The lowest BCUT2D eigenvalue weighted by atomic mass is 9.72. The largest absolute Gasteiger partial charge is 0.394 e. The molecule has 0 radical (unpaired) electrons. The SMILES string of the molecule is CC[C@](O)(c1cc(F)c2c(c1)C(=O)N(Cc1ncc(Cl)cn1)[C@@]2(OCCO)c1ccc(Cl)cc1)C1(F)CCOCC1. The van der Waals surface area contributed by atoms with Crippen molar-refractivity contribution in [1.29, 1.82) is 0 Å².